The van der Waals surface area contributed by atoms with Gasteiger partial charge in [-0.25, -0.2) is 0 Å². The fourth-order valence-corrected chi connectivity index (χ4v) is 4.00. The molecule has 0 fully saturated rings. The number of halogens is 1. The van der Waals surface area contributed by atoms with Crippen LogP contribution in [0.2, 0.25) is 5.02 Å². The van der Waals surface area contributed by atoms with Crippen molar-refractivity contribution in [1.82, 2.24) is 15.6 Å². The highest BCUT2D eigenvalue weighted by molar-refractivity contribution is 6.33. The fraction of sp³-hybridized carbons (Fsp3) is 0.148. The third-order valence-electron chi connectivity index (χ3n) is 5.45. The predicted molar refractivity (Wildman–Crippen MR) is 131 cm³/mol. The third-order valence-corrected chi connectivity index (χ3v) is 5.78. The van der Waals surface area contributed by atoms with E-state index in [1.165, 1.54) is 0 Å². The van der Waals surface area contributed by atoms with Crippen molar-refractivity contribution in [3.8, 4) is 0 Å². The van der Waals surface area contributed by atoms with Crippen LogP contribution < -0.4 is 10.6 Å². The average Bonchev–Trinajstić information content (AvgIpc) is 2.84. The van der Waals surface area contributed by atoms with Gasteiger partial charge in [-0.1, -0.05) is 78.3 Å². The highest BCUT2D eigenvalue weighted by Gasteiger charge is 2.20. The molecule has 0 bridgehead atoms. The zero-order chi connectivity index (χ0) is 23.0. The van der Waals surface area contributed by atoms with Crippen LogP contribution in [0.5, 0.6) is 0 Å². The molecular formula is C27H24ClN3O2. The van der Waals surface area contributed by atoms with Gasteiger partial charge in [0.15, 0.2) is 0 Å². The van der Waals surface area contributed by atoms with E-state index in [9.17, 15) is 9.59 Å². The molecule has 0 saturated heterocycles. The third kappa shape index (κ3) is 5.76. The summed E-state index contributed by atoms with van der Waals surface area (Å²) in [4.78, 5) is 30.0. The number of nitrogens with one attached hydrogen (secondary N) is 2. The van der Waals surface area contributed by atoms with Gasteiger partial charge in [0.25, 0.3) is 5.91 Å². The van der Waals surface area contributed by atoms with E-state index < -0.39 is 6.04 Å². The Hall–Kier alpha value is -3.70. The summed E-state index contributed by atoms with van der Waals surface area (Å²) in [6, 6.07) is 25.8. The maximum absolute atomic E-state index is 12.8. The van der Waals surface area contributed by atoms with E-state index in [1.807, 2.05) is 60.7 Å². The van der Waals surface area contributed by atoms with E-state index in [-0.39, 0.29) is 18.2 Å². The second-order valence-corrected chi connectivity index (χ2v) is 8.12. The second kappa shape index (κ2) is 10.7. The fourth-order valence-electron chi connectivity index (χ4n) is 3.78. The molecule has 5 nitrogen and oxygen atoms in total. The number of hydrogen-bond acceptors (Lipinski definition) is 3. The first-order valence-corrected chi connectivity index (χ1v) is 11.2. The number of pyridine rings is 1. The number of rotatable bonds is 8. The van der Waals surface area contributed by atoms with E-state index >= 15 is 0 Å². The number of hydrogen-bond donors (Lipinski definition) is 2. The highest BCUT2D eigenvalue weighted by atomic mass is 35.5. The molecule has 0 spiro atoms. The Morgan fingerprint density at radius 3 is 2.45 bits per heavy atom. The molecule has 1 heterocycles. The number of carbonyl (C=O) groups is 2. The lowest BCUT2D eigenvalue weighted by molar-refractivity contribution is -0.121. The summed E-state index contributed by atoms with van der Waals surface area (Å²) in [6.07, 6.45) is 2.56. The SMILES string of the molecule is O=C(C[C@@H](NC(=O)c1ccccc1Cl)c1ccccc1)NCCc1cccc2cccnc12. The molecule has 6 heteroatoms. The molecule has 1 aromatic heterocycles. The molecule has 33 heavy (non-hydrogen) atoms. The number of fused-ring (bicyclic) bond motifs is 1. The molecular weight excluding hydrogens is 434 g/mol. The molecule has 2 N–H and O–H groups in total. The predicted octanol–water partition coefficient (Wildman–Crippen LogP) is 5.11. The average molecular weight is 458 g/mol. The molecule has 0 unspecified atom stereocenters. The van der Waals surface area contributed by atoms with E-state index in [0.29, 0.717) is 23.6 Å². The van der Waals surface area contributed by atoms with Crippen molar-refractivity contribution in [2.75, 3.05) is 6.54 Å². The Kier molecular flexibility index (Phi) is 7.33. The van der Waals surface area contributed by atoms with Crippen molar-refractivity contribution in [3.05, 3.63) is 113 Å². The van der Waals surface area contributed by atoms with Crippen molar-refractivity contribution in [2.45, 2.75) is 18.9 Å². The van der Waals surface area contributed by atoms with Crippen LogP contribution in [0.1, 0.15) is 33.9 Å². The molecule has 4 rings (SSSR count). The van der Waals surface area contributed by atoms with Crippen LogP contribution in [-0.2, 0) is 11.2 Å². The summed E-state index contributed by atoms with van der Waals surface area (Å²) in [6.45, 7) is 0.481. The number of para-hydroxylation sites is 1. The Morgan fingerprint density at radius 2 is 1.64 bits per heavy atom. The first-order chi connectivity index (χ1) is 16.1. The molecule has 0 saturated carbocycles. The van der Waals surface area contributed by atoms with Gasteiger partial charge >= 0.3 is 0 Å². The van der Waals surface area contributed by atoms with Gasteiger partial charge in [0.2, 0.25) is 5.91 Å². The van der Waals surface area contributed by atoms with Crippen LogP contribution in [-0.4, -0.2) is 23.3 Å². The number of nitrogens with zero attached hydrogens (tertiary/aromatic N) is 1. The lowest BCUT2D eigenvalue weighted by Gasteiger charge is -2.19. The Bertz CT molecular complexity index is 1260. The van der Waals surface area contributed by atoms with Gasteiger partial charge in [-0.2, -0.15) is 0 Å². The number of carbonyl (C=O) groups excluding carboxylic acids is 2. The summed E-state index contributed by atoms with van der Waals surface area (Å²) in [7, 11) is 0. The van der Waals surface area contributed by atoms with Crippen LogP contribution in [0.15, 0.2) is 91.1 Å². The van der Waals surface area contributed by atoms with E-state index in [1.54, 1.807) is 30.5 Å². The van der Waals surface area contributed by atoms with Crippen LogP contribution in [0.4, 0.5) is 0 Å². The topological polar surface area (TPSA) is 71.1 Å². The minimum absolute atomic E-state index is 0.119. The minimum atomic E-state index is -0.478. The van der Waals surface area contributed by atoms with Crippen molar-refractivity contribution in [3.63, 3.8) is 0 Å². The second-order valence-electron chi connectivity index (χ2n) is 7.71. The molecule has 0 aliphatic rings. The van der Waals surface area contributed by atoms with Gasteiger partial charge in [0, 0.05) is 18.1 Å². The molecule has 1 atom stereocenters. The molecule has 0 aliphatic carbocycles. The molecule has 0 aliphatic heterocycles. The summed E-state index contributed by atoms with van der Waals surface area (Å²) < 4.78 is 0. The summed E-state index contributed by atoms with van der Waals surface area (Å²) in [5, 5.41) is 7.38. The van der Waals surface area contributed by atoms with Crippen molar-refractivity contribution < 1.29 is 9.59 Å². The first kappa shape index (κ1) is 22.5. The quantitative estimate of drug-likeness (QED) is 0.386. The number of benzene rings is 3. The molecule has 0 radical (unpaired) electrons. The zero-order valence-electron chi connectivity index (χ0n) is 18.0. The van der Waals surface area contributed by atoms with Crippen molar-refractivity contribution >= 4 is 34.3 Å². The molecule has 166 valence electrons. The van der Waals surface area contributed by atoms with E-state index in [4.69, 9.17) is 11.6 Å². The maximum atomic E-state index is 12.8. The summed E-state index contributed by atoms with van der Waals surface area (Å²) >= 11 is 6.18. The zero-order valence-corrected chi connectivity index (χ0v) is 18.8. The van der Waals surface area contributed by atoms with Gasteiger partial charge in [0.05, 0.1) is 28.6 Å². The standard InChI is InChI=1S/C27H24ClN3O2/c28-23-14-5-4-13-22(23)27(33)31-24(19-8-2-1-3-9-19)18-25(32)29-17-15-21-11-6-10-20-12-7-16-30-26(20)21/h1-14,16,24H,15,17-18H2,(H,29,32)(H,31,33)/t24-/m1/s1. The molecule has 4 aromatic rings. The Balaban J connectivity index is 1.41. The largest absolute Gasteiger partial charge is 0.356 e. The smallest absolute Gasteiger partial charge is 0.253 e. The van der Waals surface area contributed by atoms with Crippen LogP contribution in [0.25, 0.3) is 10.9 Å². The minimum Gasteiger partial charge on any atom is -0.356 e. The van der Waals surface area contributed by atoms with Gasteiger partial charge in [0.1, 0.15) is 0 Å². The lowest BCUT2D eigenvalue weighted by atomic mass is 10.0. The maximum Gasteiger partial charge on any atom is 0.253 e. The normalized spacial score (nSPS) is 11.7. The summed E-state index contributed by atoms with van der Waals surface area (Å²) in [5.74, 6) is -0.458. The van der Waals surface area contributed by atoms with E-state index in [0.717, 1.165) is 22.0 Å². The molecule has 2 amide bonds. The Morgan fingerprint density at radius 1 is 0.879 bits per heavy atom. The Labute approximate surface area is 197 Å². The number of amides is 2. The molecule has 3 aromatic carbocycles. The number of aromatic nitrogens is 1. The van der Waals surface area contributed by atoms with Gasteiger partial charge < -0.3 is 10.6 Å². The van der Waals surface area contributed by atoms with Gasteiger partial charge in [-0.05, 0) is 35.7 Å². The van der Waals surface area contributed by atoms with Crippen LogP contribution >= 0.6 is 11.6 Å². The summed E-state index contributed by atoms with van der Waals surface area (Å²) in [5.41, 5.74) is 3.26. The van der Waals surface area contributed by atoms with Crippen LogP contribution in [0, 0.1) is 0 Å². The highest BCUT2D eigenvalue weighted by Crippen LogP contribution is 2.20. The van der Waals surface area contributed by atoms with Crippen molar-refractivity contribution in [2.24, 2.45) is 0 Å². The van der Waals surface area contributed by atoms with Gasteiger partial charge in [-0.15, -0.1) is 0 Å². The first-order valence-electron chi connectivity index (χ1n) is 10.8. The van der Waals surface area contributed by atoms with E-state index in [2.05, 4.69) is 15.6 Å². The monoisotopic (exact) mass is 457 g/mol. The van der Waals surface area contributed by atoms with Crippen molar-refractivity contribution in [1.29, 1.82) is 0 Å². The van der Waals surface area contributed by atoms with Crippen LogP contribution in [0.3, 0.4) is 0 Å². The lowest BCUT2D eigenvalue weighted by Crippen LogP contribution is -2.34. The van der Waals surface area contributed by atoms with Gasteiger partial charge in [-0.3, -0.25) is 14.6 Å².